The Bertz CT molecular complexity index is 1840. The van der Waals surface area contributed by atoms with E-state index in [4.69, 9.17) is 37.5 Å². The molecule has 8 rings (SSSR count). The molecule has 0 saturated heterocycles. The molecule has 0 aromatic heterocycles. The van der Waals surface area contributed by atoms with E-state index in [9.17, 15) is 4.57 Å². The standard InChI is InChI=1S/C32H59O6P.C30H53BrO3.C3H9O3P/c1-9-24-28-20-23(37-10-2)15-17-32(28,5)27-16-18-31(4)25(22(3)12-11-19-39(33,35-7)36-8)13-14-26(31)29(27)30(24)38-21-34-6;1-7-22-26-18-21(33-8-2)13-15-30(26,5)25-14-16-29(4)23(20(3)10-9-17-31)11-12-24(29)27(25)28(22)34-19-32-6;1-4-7(5-2)6-3/h22-30H,9-21H2,1-8H3;20-28H,7-19H2,1-6H3;1-3H3/t22-,23-,24-,25-,26?,27?,28+,29?,30-,31-,32-;20-,21-,22-,23-,24?,25?,26+,27?,28-,29-,30-;/m11./s1. The largest absolute Gasteiger partial charge is 0.378 e. The molecule has 0 bridgehead atoms. The number of fused-ring (bicyclic) bond motifs is 10. The van der Waals surface area contributed by atoms with Crippen LogP contribution >= 0.6 is 32.1 Å². The van der Waals surface area contributed by atoms with E-state index in [-0.39, 0.29) is 6.10 Å². The summed E-state index contributed by atoms with van der Waals surface area (Å²) >= 11 is 3.68. The summed E-state index contributed by atoms with van der Waals surface area (Å²) in [6.45, 7) is 27.2. The molecule has 8 saturated carbocycles. The summed E-state index contributed by atoms with van der Waals surface area (Å²) in [5, 5.41) is 1.14. The maximum absolute atomic E-state index is 12.6. The molecule has 22 atom stereocenters. The SMILES string of the molecule is CCO[C@@H]1CC[C@]2(C)C3CC[C@@]4(C)C(CC[C@@H]4[C@H](C)CCCBr)C3[C@H](OCOC)[C@H](CC)[C@@H]2C1.CCO[C@@H]1CC[C@]2(C)C3CC[C@@]4(C)C(CC[C@@H]4[C@H](C)CCCP(=O)(OC)OC)C3[C@H](OCOC)[C@H](CC)[C@@H]2C1.COP(OC)OC. The molecule has 0 N–H and O–H groups in total. The fraction of sp³-hybridized carbons (Fsp3) is 1.00. The van der Waals surface area contributed by atoms with Crippen molar-refractivity contribution in [2.75, 3.05) is 88.1 Å². The van der Waals surface area contributed by atoms with Crippen molar-refractivity contribution < 1.29 is 55.6 Å². The number of methoxy groups -OCH3 is 2. The monoisotopic (exact) mass is 1230 g/mol. The zero-order valence-electron chi connectivity index (χ0n) is 53.9. The summed E-state index contributed by atoms with van der Waals surface area (Å²) in [7, 11) is 7.19. The maximum Gasteiger partial charge on any atom is 0.331 e. The third kappa shape index (κ3) is 14.7. The van der Waals surface area contributed by atoms with Crippen LogP contribution in [0.1, 0.15) is 198 Å². The van der Waals surface area contributed by atoms with Gasteiger partial charge in [0.2, 0.25) is 0 Å². The Morgan fingerprint density at radius 1 is 0.512 bits per heavy atom. The summed E-state index contributed by atoms with van der Waals surface area (Å²) < 4.78 is 74.0. The van der Waals surface area contributed by atoms with E-state index in [0.29, 0.717) is 113 Å². The van der Waals surface area contributed by atoms with E-state index in [1.807, 2.05) is 0 Å². The number of alkyl halides is 1. The molecule has 8 aliphatic rings. The summed E-state index contributed by atoms with van der Waals surface area (Å²) in [4.78, 5) is 0. The molecule has 0 amide bonds. The Labute approximate surface area is 499 Å². The lowest BCUT2D eigenvalue weighted by atomic mass is 9.41. The van der Waals surface area contributed by atoms with E-state index in [1.54, 1.807) is 35.5 Å². The summed E-state index contributed by atoms with van der Waals surface area (Å²) in [6.07, 6.45) is 27.4. The van der Waals surface area contributed by atoms with Gasteiger partial charge in [0.15, 0.2) is 0 Å². The first-order chi connectivity index (χ1) is 38.3. The van der Waals surface area contributed by atoms with Crippen LogP contribution in [0.15, 0.2) is 0 Å². The summed E-state index contributed by atoms with van der Waals surface area (Å²) in [5.41, 5.74) is 1.63. The number of rotatable bonds is 26. The number of hydrogen-bond donors (Lipinski definition) is 0. The second-order valence-corrected chi connectivity index (χ2v) is 32.3. The molecule has 0 heterocycles. The number of halogens is 1. The van der Waals surface area contributed by atoms with E-state index < -0.39 is 16.2 Å². The van der Waals surface area contributed by atoms with Crippen LogP contribution in [-0.4, -0.2) is 112 Å². The van der Waals surface area contributed by atoms with Crippen LogP contribution in [-0.2, 0) is 55.6 Å². The van der Waals surface area contributed by atoms with Gasteiger partial charge in [-0.05, 0) is 234 Å². The fourth-order valence-electron chi connectivity index (χ4n) is 21.2. The highest BCUT2D eigenvalue weighted by atomic mass is 79.9. The normalized spacial score (nSPS) is 41.8. The highest BCUT2D eigenvalue weighted by Gasteiger charge is 2.67. The number of ether oxygens (including phenoxy) is 6. The van der Waals surface area contributed by atoms with Crippen molar-refractivity contribution in [3.63, 3.8) is 0 Å². The van der Waals surface area contributed by atoms with Gasteiger partial charge in [0.25, 0.3) is 0 Å². The Kier molecular flexibility index (Phi) is 27.7. The average Bonchev–Trinajstić information content (AvgIpc) is 4.19. The zero-order chi connectivity index (χ0) is 58.6. The minimum atomic E-state index is -2.93. The van der Waals surface area contributed by atoms with Crippen molar-refractivity contribution in [3.05, 3.63) is 0 Å². The van der Waals surface area contributed by atoms with E-state index in [0.717, 1.165) is 61.0 Å². The molecule has 0 aliphatic heterocycles. The molecule has 470 valence electrons. The Hall–Kier alpha value is 0.700. The number of hydrogen-bond acceptors (Lipinski definition) is 12. The van der Waals surface area contributed by atoms with Gasteiger partial charge in [0.05, 0.1) is 30.6 Å². The van der Waals surface area contributed by atoms with Gasteiger partial charge in [-0.3, -0.25) is 4.57 Å². The van der Waals surface area contributed by atoms with Gasteiger partial charge < -0.3 is 51.0 Å². The van der Waals surface area contributed by atoms with Gasteiger partial charge in [-0.2, -0.15) is 0 Å². The molecule has 0 aromatic carbocycles. The predicted molar refractivity (Wildman–Crippen MR) is 329 cm³/mol. The van der Waals surface area contributed by atoms with Crippen molar-refractivity contribution >= 4 is 32.1 Å². The zero-order valence-corrected chi connectivity index (χ0v) is 57.3. The Morgan fingerprint density at radius 2 is 0.900 bits per heavy atom. The van der Waals surface area contributed by atoms with Gasteiger partial charge >= 0.3 is 16.2 Å². The maximum atomic E-state index is 12.6. The second kappa shape index (κ2) is 31.7. The molecule has 8 fully saturated rings. The molecule has 0 radical (unpaired) electrons. The highest BCUT2D eigenvalue weighted by Crippen LogP contribution is 2.72. The van der Waals surface area contributed by atoms with Crippen LogP contribution in [0.4, 0.5) is 0 Å². The molecular formula is C65H121BrO12P2. The predicted octanol–water partition coefficient (Wildman–Crippen LogP) is 17.4. The summed E-state index contributed by atoms with van der Waals surface area (Å²) in [5.74, 6) is 9.88. The smallest absolute Gasteiger partial charge is 0.331 e. The lowest BCUT2D eigenvalue weighted by Crippen LogP contribution is -2.62. The van der Waals surface area contributed by atoms with Crippen molar-refractivity contribution in [2.45, 2.75) is 222 Å². The van der Waals surface area contributed by atoms with Crippen LogP contribution in [0.5, 0.6) is 0 Å². The minimum absolute atomic E-state index is 0.270. The van der Waals surface area contributed by atoms with Gasteiger partial charge in [-0.25, -0.2) is 0 Å². The molecule has 0 spiro atoms. The first-order valence-corrected chi connectivity index (χ1v) is 36.4. The van der Waals surface area contributed by atoms with Crippen molar-refractivity contribution in [2.24, 2.45) is 105 Å². The van der Waals surface area contributed by atoms with Crippen LogP contribution in [0.2, 0.25) is 0 Å². The molecule has 12 nitrogen and oxygen atoms in total. The molecule has 80 heavy (non-hydrogen) atoms. The Morgan fingerprint density at radius 3 is 1.24 bits per heavy atom. The van der Waals surface area contributed by atoms with Crippen LogP contribution < -0.4 is 0 Å². The topological polar surface area (TPSA) is 119 Å². The molecule has 8 aliphatic carbocycles. The average molecular weight is 1240 g/mol. The van der Waals surface area contributed by atoms with E-state index >= 15 is 0 Å². The fourth-order valence-corrected chi connectivity index (χ4v) is 23.0. The third-order valence-electron chi connectivity index (χ3n) is 24.6. The van der Waals surface area contributed by atoms with Crippen LogP contribution in [0.3, 0.4) is 0 Å². The lowest BCUT2D eigenvalue weighted by molar-refractivity contribution is -0.236. The van der Waals surface area contributed by atoms with Crippen molar-refractivity contribution in [1.82, 2.24) is 0 Å². The van der Waals surface area contributed by atoms with Crippen LogP contribution in [0.25, 0.3) is 0 Å². The first kappa shape index (κ1) is 69.8. The molecule has 6 unspecified atom stereocenters. The van der Waals surface area contributed by atoms with E-state index in [2.05, 4.69) is 98.7 Å². The van der Waals surface area contributed by atoms with E-state index in [1.165, 1.54) is 130 Å². The molecule has 15 heteroatoms. The lowest BCUT2D eigenvalue weighted by Gasteiger charge is -2.65. The second-order valence-electron chi connectivity index (χ2n) is 27.6. The summed E-state index contributed by atoms with van der Waals surface area (Å²) in [6, 6.07) is 0. The van der Waals surface area contributed by atoms with Gasteiger partial charge in [0, 0.05) is 68.3 Å². The highest BCUT2D eigenvalue weighted by molar-refractivity contribution is 9.09. The third-order valence-corrected chi connectivity index (χ3v) is 28.1. The Balaban J connectivity index is 0.000000232. The van der Waals surface area contributed by atoms with Crippen molar-refractivity contribution in [3.8, 4) is 0 Å². The minimum Gasteiger partial charge on any atom is -0.378 e. The van der Waals surface area contributed by atoms with Crippen molar-refractivity contribution in [1.29, 1.82) is 0 Å². The van der Waals surface area contributed by atoms with Gasteiger partial charge in [-0.15, -0.1) is 0 Å². The molecular weight excluding hydrogens is 1110 g/mol. The molecule has 0 aromatic rings. The first-order valence-electron chi connectivity index (χ1n) is 32.5. The van der Waals surface area contributed by atoms with Gasteiger partial charge in [0.1, 0.15) is 13.6 Å². The van der Waals surface area contributed by atoms with Gasteiger partial charge in [-0.1, -0.05) is 84.2 Å². The quantitative estimate of drug-likeness (QED) is 0.0466. The van der Waals surface area contributed by atoms with Crippen LogP contribution in [0, 0.1) is 105 Å².